The molecular weight excluding hydrogens is 440 g/mol. The molecule has 1 aliphatic heterocycles. The van der Waals surface area contributed by atoms with E-state index in [4.69, 9.17) is 9.47 Å². The van der Waals surface area contributed by atoms with Crippen LogP contribution in [0.1, 0.15) is 19.8 Å². The number of hydrogen-bond donors (Lipinski definition) is 2. The summed E-state index contributed by atoms with van der Waals surface area (Å²) in [5.74, 6) is 0.0199. The second-order valence-electron chi connectivity index (χ2n) is 7.03. The van der Waals surface area contributed by atoms with Crippen LogP contribution in [0.4, 0.5) is 11.4 Å². The van der Waals surface area contributed by atoms with E-state index in [1.54, 1.807) is 24.3 Å². The van der Waals surface area contributed by atoms with Crippen molar-refractivity contribution in [1.29, 1.82) is 0 Å². The van der Waals surface area contributed by atoms with Gasteiger partial charge in [0.05, 0.1) is 30.6 Å². The van der Waals surface area contributed by atoms with Gasteiger partial charge in [0.1, 0.15) is 0 Å². The first-order chi connectivity index (χ1) is 14.7. The number of anilines is 2. The fourth-order valence-electron chi connectivity index (χ4n) is 3.11. The molecule has 0 spiro atoms. The minimum absolute atomic E-state index is 0.0700. The first-order valence-corrected chi connectivity index (χ1v) is 12.1. The molecule has 3 rings (SSSR count). The van der Waals surface area contributed by atoms with Gasteiger partial charge in [0.25, 0.3) is 0 Å². The molecule has 0 saturated heterocycles. The third-order valence-corrected chi connectivity index (χ3v) is 7.54. The molecule has 0 saturated carbocycles. The maximum atomic E-state index is 12.8. The summed E-state index contributed by atoms with van der Waals surface area (Å²) in [5, 5.41) is 5.52. The maximum absolute atomic E-state index is 12.8. The lowest BCUT2D eigenvalue weighted by Crippen LogP contribution is -2.18. The van der Waals surface area contributed by atoms with Gasteiger partial charge in [0, 0.05) is 34.7 Å². The van der Waals surface area contributed by atoms with E-state index in [-0.39, 0.29) is 28.2 Å². The first kappa shape index (κ1) is 23.0. The molecule has 0 radical (unpaired) electrons. The van der Waals surface area contributed by atoms with Gasteiger partial charge in [0.2, 0.25) is 11.8 Å². The quantitative estimate of drug-likeness (QED) is 0.647. The molecule has 1 aliphatic rings. The molecule has 0 fully saturated rings. The summed E-state index contributed by atoms with van der Waals surface area (Å²) in [6, 6.07) is 9.55. The Morgan fingerprint density at radius 2 is 1.90 bits per heavy atom. The average molecular weight is 465 g/mol. The van der Waals surface area contributed by atoms with E-state index in [9.17, 15) is 18.0 Å². The smallest absolute Gasteiger partial charge is 0.225 e. The Labute approximate surface area is 185 Å². The highest BCUT2D eigenvalue weighted by molar-refractivity contribution is 8.00. The van der Waals surface area contributed by atoms with Crippen LogP contribution in [0, 0.1) is 0 Å². The number of methoxy groups -OCH3 is 2. The van der Waals surface area contributed by atoms with Gasteiger partial charge in [-0.3, -0.25) is 9.59 Å². The van der Waals surface area contributed by atoms with E-state index >= 15 is 0 Å². The van der Waals surface area contributed by atoms with Crippen molar-refractivity contribution in [2.45, 2.75) is 34.8 Å². The van der Waals surface area contributed by atoms with Gasteiger partial charge in [-0.2, -0.15) is 0 Å². The molecule has 0 aliphatic carbocycles. The van der Waals surface area contributed by atoms with E-state index in [1.807, 2.05) is 6.92 Å². The van der Waals surface area contributed by atoms with Gasteiger partial charge in [-0.25, -0.2) is 8.42 Å². The van der Waals surface area contributed by atoms with Crippen molar-refractivity contribution in [2.24, 2.45) is 0 Å². The van der Waals surface area contributed by atoms with Crippen LogP contribution in [0.25, 0.3) is 0 Å². The normalized spacial score (nSPS) is 16.0. The number of benzene rings is 2. The molecule has 2 aromatic rings. The summed E-state index contributed by atoms with van der Waals surface area (Å²) in [7, 11) is -0.721. The average Bonchev–Trinajstić information content (AvgIpc) is 2.87. The minimum atomic E-state index is -3.71. The van der Waals surface area contributed by atoms with E-state index in [0.29, 0.717) is 29.3 Å². The van der Waals surface area contributed by atoms with E-state index in [1.165, 1.54) is 38.1 Å². The summed E-state index contributed by atoms with van der Waals surface area (Å²) in [6.45, 7) is 1.95. The second-order valence-corrected chi connectivity index (χ2v) is 10.6. The number of carbonyl (C=O) groups is 2. The van der Waals surface area contributed by atoms with Crippen LogP contribution in [-0.4, -0.2) is 45.5 Å². The molecule has 0 aromatic heterocycles. The van der Waals surface area contributed by atoms with Crippen LogP contribution in [0.5, 0.6) is 11.5 Å². The molecular formula is C21H24N2O6S2. The zero-order chi connectivity index (χ0) is 22.6. The second kappa shape index (κ2) is 9.61. The third-order valence-electron chi connectivity index (χ3n) is 4.65. The first-order valence-electron chi connectivity index (χ1n) is 9.57. The monoisotopic (exact) mass is 464 g/mol. The molecule has 2 amide bonds. The number of thioether (sulfide) groups is 1. The Hall–Kier alpha value is -2.72. The highest BCUT2D eigenvalue weighted by Gasteiger charge is 2.23. The van der Waals surface area contributed by atoms with Crippen molar-refractivity contribution in [3.8, 4) is 11.5 Å². The summed E-state index contributed by atoms with van der Waals surface area (Å²) < 4.78 is 35.9. The molecule has 1 unspecified atom stereocenters. The molecule has 2 N–H and O–H groups in total. The highest BCUT2D eigenvalue weighted by Crippen LogP contribution is 2.36. The van der Waals surface area contributed by atoms with Crippen LogP contribution in [-0.2, 0) is 19.4 Å². The Bertz CT molecular complexity index is 1100. The Morgan fingerprint density at radius 3 is 2.61 bits per heavy atom. The number of carbonyl (C=O) groups excluding carboxylic acids is 2. The van der Waals surface area contributed by atoms with Crippen molar-refractivity contribution in [1.82, 2.24) is 0 Å². The lowest BCUT2D eigenvalue weighted by atomic mass is 10.2. The number of sulfone groups is 1. The van der Waals surface area contributed by atoms with Crippen molar-refractivity contribution >= 4 is 44.8 Å². The van der Waals surface area contributed by atoms with Crippen molar-refractivity contribution in [2.75, 3.05) is 30.6 Å². The number of rotatable bonds is 7. The largest absolute Gasteiger partial charge is 0.493 e. The molecule has 10 heteroatoms. The molecule has 166 valence electrons. The molecule has 2 aromatic carbocycles. The van der Waals surface area contributed by atoms with Gasteiger partial charge in [-0.1, -0.05) is 6.92 Å². The number of hydrogen-bond acceptors (Lipinski definition) is 7. The van der Waals surface area contributed by atoms with Gasteiger partial charge in [-0.15, -0.1) is 11.8 Å². The zero-order valence-electron chi connectivity index (χ0n) is 17.4. The van der Waals surface area contributed by atoms with Gasteiger partial charge < -0.3 is 20.1 Å². The number of fused-ring (bicyclic) bond motifs is 1. The number of amides is 2. The fourth-order valence-corrected chi connectivity index (χ4v) is 5.42. The van der Waals surface area contributed by atoms with E-state index in [0.717, 1.165) is 4.90 Å². The van der Waals surface area contributed by atoms with Gasteiger partial charge in [0.15, 0.2) is 21.3 Å². The van der Waals surface area contributed by atoms with Crippen molar-refractivity contribution in [3.05, 3.63) is 36.4 Å². The van der Waals surface area contributed by atoms with Crippen molar-refractivity contribution < 1.29 is 27.5 Å². The summed E-state index contributed by atoms with van der Waals surface area (Å²) in [6.07, 6.45) is 0.143. The Morgan fingerprint density at radius 1 is 1.16 bits per heavy atom. The fraction of sp³-hybridized carbons (Fsp3) is 0.333. The van der Waals surface area contributed by atoms with Crippen LogP contribution < -0.4 is 20.1 Å². The molecule has 1 atom stereocenters. The third kappa shape index (κ3) is 5.71. The maximum Gasteiger partial charge on any atom is 0.225 e. The van der Waals surface area contributed by atoms with Crippen molar-refractivity contribution in [3.63, 3.8) is 0 Å². The number of ether oxygens (including phenoxy) is 2. The van der Waals surface area contributed by atoms with Gasteiger partial charge in [-0.05, 0) is 30.3 Å². The van der Waals surface area contributed by atoms with Crippen LogP contribution >= 0.6 is 11.8 Å². The minimum Gasteiger partial charge on any atom is -0.493 e. The molecule has 0 bridgehead atoms. The van der Waals surface area contributed by atoms with Crippen LogP contribution in [0.2, 0.25) is 0 Å². The predicted molar refractivity (Wildman–Crippen MR) is 120 cm³/mol. The predicted octanol–water partition coefficient (Wildman–Crippen LogP) is 3.33. The van der Waals surface area contributed by atoms with Crippen LogP contribution in [0.15, 0.2) is 46.2 Å². The Kier molecular flexibility index (Phi) is 7.11. The SMILES string of the molecule is COc1ccc(NC(=O)CCS(=O)(=O)c2ccc3c(c2)NC(=O)CC(C)S3)cc1OC. The lowest BCUT2D eigenvalue weighted by Gasteiger charge is -2.12. The Balaban J connectivity index is 1.67. The molecule has 8 nitrogen and oxygen atoms in total. The summed E-state index contributed by atoms with van der Waals surface area (Å²) in [4.78, 5) is 25.1. The van der Waals surface area contributed by atoms with Gasteiger partial charge >= 0.3 is 0 Å². The van der Waals surface area contributed by atoms with Crippen LogP contribution in [0.3, 0.4) is 0 Å². The van der Waals surface area contributed by atoms with E-state index < -0.39 is 15.7 Å². The molecule has 1 heterocycles. The lowest BCUT2D eigenvalue weighted by molar-refractivity contribution is -0.116. The highest BCUT2D eigenvalue weighted by atomic mass is 32.2. The zero-order valence-corrected chi connectivity index (χ0v) is 19.1. The standard InChI is InChI=1S/C21H24N2O6S2/c1-13-10-21(25)23-16-12-15(5-7-19(16)30-13)31(26,27)9-8-20(24)22-14-4-6-17(28-2)18(11-14)29-3/h4-7,11-13H,8-10H2,1-3H3,(H,22,24)(H,23,25). The summed E-state index contributed by atoms with van der Waals surface area (Å²) >= 11 is 1.52. The molecule has 31 heavy (non-hydrogen) atoms. The topological polar surface area (TPSA) is 111 Å². The number of nitrogens with one attached hydrogen (secondary N) is 2. The van der Waals surface area contributed by atoms with E-state index in [2.05, 4.69) is 10.6 Å². The summed E-state index contributed by atoms with van der Waals surface area (Å²) in [5.41, 5.74) is 0.953.